The molecule has 0 aliphatic rings. The number of aromatic nitrogens is 1. The normalized spacial score (nSPS) is 11.0. The Bertz CT molecular complexity index is 937. The molecule has 7 N–H and O–H groups in total. The highest BCUT2D eigenvalue weighted by Crippen LogP contribution is 2.31. The quantitative estimate of drug-likeness (QED) is 0.425. The number of hydrogen-bond donors (Lipinski definition) is 5. The van der Waals surface area contributed by atoms with Crippen LogP contribution >= 0.6 is 0 Å². The van der Waals surface area contributed by atoms with Crippen molar-refractivity contribution in [2.75, 3.05) is 24.3 Å². The average Bonchev–Trinajstić information content (AvgIpc) is 2.65. The number of carbonyl (C=O) groups is 1. The Morgan fingerprint density at radius 2 is 1.81 bits per heavy atom. The number of aliphatic hydroxyl groups is 2. The molecule has 2 aromatic carbocycles. The van der Waals surface area contributed by atoms with Crippen molar-refractivity contribution in [1.29, 1.82) is 0 Å². The molecule has 0 bridgehead atoms. The van der Waals surface area contributed by atoms with E-state index in [9.17, 15) is 15.0 Å². The average molecular weight is 352 g/mol. The maximum absolute atomic E-state index is 11.8. The summed E-state index contributed by atoms with van der Waals surface area (Å²) in [4.78, 5) is 16.4. The molecule has 0 saturated carbocycles. The molecule has 26 heavy (non-hydrogen) atoms. The molecular weight excluding hydrogens is 332 g/mol. The van der Waals surface area contributed by atoms with Crippen LogP contribution in [0.5, 0.6) is 0 Å². The van der Waals surface area contributed by atoms with E-state index in [1.807, 2.05) is 12.1 Å². The second-order valence-electron chi connectivity index (χ2n) is 5.95. The maximum atomic E-state index is 11.8. The number of amides is 1. The standard InChI is InChI=1S/C19H20N4O3/c20-12-6-4-11(5-7-12)16-8-17(22-13(9-24)10-25)14-2-1-3-15(19(21)26)18(14)23-16/h1-8,13,24-25H,9-10,20H2,(H2,21,26)(H,22,23). The van der Waals surface area contributed by atoms with Gasteiger partial charge in [-0.1, -0.05) is 24.3 Å². The van der Waals surface area contributed by atoms with Gasteiger partial charge in [-0.15, -0.1) is 0 Å². The van der Waals surface area contributed by atoms with E-state index >= 15 is 0 Å². The minimum atomic E-state index is -0.579. The minimum absolute atomic E-state index is 0.243. The van der Waals surface area contributed by atoms with Gasteiger partial charge in [0.25, 0.3) is 5.91 Å². The van der Waals surface area contributed by atoms with Gasteiger partial charge in [-0.3, -0.25) is 4.79 Å². The van der Waals surface area contributed by atoms with Crippen molar-refractivity contribution < 1.29 is 15.0 Å². The summed E-state index contributed by atoms with van der Waals surface area (Å²) < 4.78 is 0. The highest BCUT2D eigenvalue weighted by molar-refractivity contribution is 6.08. The third kappa shape index (κ3) is 3.44. The van der Waals surface area contributed by atoms with Crippen molar-refractivity contribution in [1.82, 2.24) is 4.98 Å². The second-order valence-corrected chi connectivity index (χ2v) is 5.95. The van der Waals surface area contributed by atoms with Crippen molar-refractivity contribution in [3.8, 4) is 11.3 Å². The topological polar surface area (TPSA) is 134 Å². The maximum Gasteiger partial charge on any atom is 0.250 e. The number of aliphatic hydroxyl groups excluding tert-OH is 2. The van der Waals surface area contributed by atoms with Gasteiger partial charge in [-0.05, 0) is 24.3 Å². The number of nitrogens with zero attached hydrogens (tertiary/aromatic N) is 1. The Morgan fingerprint density at radius 3 is 2.42 bits per heavy atom. The summed E-state index contributed by atoms with van der Waals surface area (Å²) in [6.07, 6.45) is 0. The molecule has 0 fully saturated rings. The Hall–Kier alpha value is -3.16. The highest BCUT2D eigenvalue weighted by Gasteiger charge is 2.15. The zero-order chi connectivity index (χ0) is 18.7. The van der Waals surface area contributed by atoms with E-state index in [1.54, 1.807) is 36.4 Å². The lowest BCUT2D eigenvalue weighted by molar-refractivity contribution is 0.100. The lowest BCUT2D eigenvalue weighted by Crippen LogP contribution is -2.27. The molecule has 7 nitrogen and oxygen atoms in total. The van der Waals surface area contributed by atoms with E-state index in [4.69, 9.17) is 11.5 Å². The lowest BCUT2D eigenvalue weighted by atomic mass is 10.0. The van der Waals surface area contributed by atoms with Crippen molar-refractivity contribution in [3.63, 3.8) is 0 Å². The van der Waals surface area contributed by atoms with Gasteiger partial charge in [0.05, 0.1) is 36.0 Å². The molecule has 0 aliphatic carbocycles. The second kappa shape index (κ2) is 7.38. The first-order chi connectivity index (χ1) is 12.5. The van der Waals surface area contributed by atoms with Crippen LogP contribution in [0.4, 0.5) is 11.4 Å². The Kier molecular flexibility index (Phi) is 5.01. The third-order valence-corrected chi connectivity index (χ3v) is 4.11. The lowest BCUT2D eigenvalue weighted by Gasteiger charge is -2.18. The van der Waals surface area contributed by atoms with E-state index in [0.29, 0.717) is 33.5 Å². The van der Waals surface area contributed by atoms with E-state index in [0.717, 1.165) is 5.56 Å². The molecule has 3 rings (SSSR count). The van der Waals surface area contributed by atoms with Crippen LogP contribution in [0.1, 0.15) is 10.4 Å². The van der Waals surface area contributed by atoms with Gasteiger partial charge in [-0.2, -0.15) is 0 Å². The number of primary amides is 1. The summed E-state index contributed by atoms with van der Waals surface area (Å²) in [5, 5.41) is 22.6. The van der Waals surface area contributed by atoms with Gasteiger partial charge < -0.3 is 27.0 Å². The summed E-state index contributed by atoms with van der Waals surface area (Å²) in [5.74, 6) is -0.579. The number of fused-ring (bicyclic) bond motifs is 1. The molecule has 1 amide bonds. The number of rotatable bonds is 6. The Labute approximate surface area is 150 Å². The zero-order valence-corrected chi connectivity index (χ0v) is 14.0. The number of nitrogens with two attached hydrogens (primary N) is 2. The van der Waals surface area contributed by atoms with Crippen LogP contribution in [0.2, 0.25) is 0 Å². The number of benzene rings is 2. The first kappa shape index (κ1) is 17.7. The largest absolute Gasteiger partial charge is 0.399 e. The fourth-order valence-electron chi connectivity index (χ4n) is 2.74. The molecule has 134 valence electrons. The number of carbonyl (C=O) groups excluding carboxylic acids is 1. The van der Waals surface area contributed by atoms with Crippen LogP contribution in [0.3, 0.4) is 0 Å². The van der Waals surface area contributed by atoms with Crippen LogP contribution in [-0.4, -0.2) is 40.4 Å². The number of nitrogens with one attached hydrogen (secondary N) is 1. The molecule has 0 radical (unpaired) electrons. The fourth-order valence-corrected chi connectivity index (χ4v) is 2.74. The number of pyridine rings is 1. The zero-order valence-electron chi connectivity index (χ0n) is 14.0. The summed E-state index contributed by atoms with van der Waals surface area (Å²) in [7, 11) is 0. The molecular formula is C19H20N4O3. The molecule has 7 heteroatoms. The molecule has 0 saturated heterocycles. The van der Waals surface area contributed by atoms with Crippen molar-refractivity contribution in [2.45, 2.75) is 6.04 Å². The predicted molar refractivity (Wildman–Crippen MR) is 102 cm³/mol. The summed E-state index contributed by atoms with van der Waals surface area (Å²) in [5.41, 5.74) is 14.7. The van der Waals surface area contributed by atoms with Crippen LogP contribution in [0, 0.1) is 0 Å². The minimum Gasteiger partial charge on any atom is -0.399 e. The number of nitrogen functional groups attached to an aromatic ring is 1. The van der Waals surface area contributed by atoms with Crippen molar-refractivity contribution >= 4 is 28.2 Å². The van der Waals surface area contributed by atoms with Crippen LogP contribution in [0.25, 0.3) is 22.2 Å². The van der Waals surface area contributed by atoms with E-state index in [2.05, 4.69) is 10.3 Å². The number of para-hydroxylation sites is 1. The number of hydrogen-bond acceptors (Lipinski definition) is 6. The molecule has 0 unspecified atom stereocenters. The Balaban J connectivity index is 2.24. The van der Waals surface area contributed by atoms with E-state index < -0.39 is 11.9 Å². The summed E-state index contributed by atoms with van der Waals surface area (Å²) >= 11 is 0. The molecule has 3 aromatic rings. The van der Waals surface area contributed by atoms with E-state index in [-0.39, 0.29) is 13.2 Å². The molecule has 0 atom stereocenters. The van der Waals surface area contributed by atoms with Gasteiger partial charge in [0.1, 0.15) is 0 Å². The summed E-state index contributed by atoms with van der Waals surface area (Å²) in [6, 6.07) is 13.6. The van der Waals surface area contributed by atoms with Gasteiger partial charge >= 0.3 is 0 Å². The van der Waals surface area contributed by atoms with Crippen LogP contribution < -0.4 is 16.8 Å². The summed E-state index contributed by atoms with van der Waals surface area (Å²) in [6.45, 7) is -0.486. The fraction of sp³-hybridized carbons (Fsp3) is 0.158. The number of anilines is 2. The molecule has 1 heterocycles. The highest BCUT2D eigenvalue weighted by atomic mass is 16.3. The molecule has 0 aliphatic heterocycles. The van der Waals surface area contributed by atoms with Gasteiger partial charge in [0.2, 0.25) is 0 Å². The van der Waals surface area contributed by atoms with Crippen molar-refractivity contribution in [3.05, 3.63) is 54.1 Å². The van der Waals surface area contributed by atoms with E-state index in [1.165, 1.54) is 0 Å². The SMILES string of the molecule is NC(=O)c1cccc2c(NC(CO)CO)cc(-c3ccc(N)cc3)nc12. The van der Waals surface area contributed by atoms with Crippen LogP contribution in [0.15, 0.2) is 48.5 Å². The first-order valence-corrected chi connectivity index (χ1v) is 8.11. The van der Waals surface area contributed by atoms with Gasteiger partial charge in [0.15, 0.2) is 0 Å². The van der Waals surface area contributed by atoms with Crippen LogP contribution in [-0.2, 0) is 0 Å². The molecule has 0 spiro atoms. The van der Waals surface area contributed by atoms with Crippen molar-refractivity contribution in [2.24, 2.45) is 5.73 Å². The van der Waals surface area contributed by atoms with Gasteiger partial charge in [0, 0.05) is 22.3 Å². The predicted octanol–water partition coefficient (Wildman–Crippen LogP) is 1.35. The Morgan fingerprint density at radius 1 is 1.12 bits per heavy atom. The third-order valence-electron chi connectivity index (χ3n) is 4.11. The first-order valence-electron chi connectivity index (χ1n) is 8.11. The monoisotopic (exact) mass is 352 g/mol. The van der Waals surface area contributed by atoms with Gasteiger partial charge in [-0.25, -0.2) is 4.98 Å². The smallest absolute Gasteiger partial charge is 0.250 e. The molecule has 1 aromatic heterocycles.